The van der Waals surface area contributed by atoms with Crippen molar-refractivity contribution in [2.45, 2.75) is 40.5 Å². The molecule has 0 saturated carbocycles. The Hall–Kier alpha value is -1.92. The van der Waals surface area contributed by atoms with Crippen LogP contribution in [0.5, 0.6) is 0 Å². The summed E-state index contributed by atoms with van der Waals surface area (Å²) >= 11 is 0. The lowest BCUT2D eigenvalue weighted by atomic mass is 10.1. The predicted octanol–water partition coefficient (Wildman–Crippen LogP) is 5.27. The van der Waals surface area contributed by atoms with Crippen LogP contribution < -0.4 is 8.61 Å². The largest absolute Gasteiger partial charge is 0.277 e. The molecule has 0 aliphatic heterocycles. The molecule has 138 valence electrons. The Kier molecular flexibility index (Phi) is 7.60. The van der Waals surface area contributed by atoms with E-state index in [-0.39, 0.29) is 0 Å². The maximum absolute atomic E-state index is 11.6. The molecule has 0 N–H and O–H groups in total. The third-order valence-corrected chi connectivity index (χ3v) is 6.32. The van der Waals surface area contributed by atoms with Crippen LogP contribution in [0.1, 0.15) is 36.1 Å². The molecule has 2 amide bonds. The zero-order valence-electron chi connectivity index (χ0n) is 15.6. The standard InChI is InChI=1S/C20H24N2O2S2/c1-5-17-7-9-19(15(3)11-17)21(13-23)25-26-22(14-24)20-10-8-18(6-2)12-16(20)4/h7-14H,5-6H2,1-4H3. The summed E-state index contributed by atoms with van der Waals surface area (Å²) < 4.78 is 3.09. The van der Waals surface area contributed by atoms with Gasteiger partial charge in [0, 0.05) is 0 Å². The van der Waals surface area contributed by atoms with E-state index in [9.17, 15) is 9.59 Å². The Morgan fingerprint density at radius 1 is 0.769 bits per heavy atom. The molecule has 2 aromatic rings. The molecule has 0 radical (unpaired) electrons. The normalized spacial score (nSPS) is 10.5. The van der Waals surface area contributed by atoms with Crippen LogP contribution in [-0.2, 0) is 22.4 Å². The van der Waals surface area contributed by atoms with E-state index in [1.807, 2.05) is 38.1 Å². The van der Waals surface area contributed by atoms with Crippen LogP contribution in [0.15, 0.2) is 36.4 Å². The van der Waals surface area contributed by atoms with Crippen LogP contribution in [-0.4, -0.2) is 12.8 Å². The molecular formula is C20H24N2O2S2. The van der Waals surface area contributed by atoms with E-state index < -0.39 is 0 Å². The lowest BCUT2D eigenvalue weighted by Gasteiger charge is -2.22. The quantitative estimate of drug-likeness (QED) is 0.333. The Bertz CT molecular complexity index is 715. The molecule has 6 heteroatoms. The molecule has 0 bridgehead atoms. The third-order valence-electron chi connectivity index (χ3n) is 4.20. The van der Waals surface area contributed by atoms with E-state index in [0.29, 0.717) is 0 Å². The summed E-state index contributed by atoms with van der Waals surface area (Å²) in [7, 11) is 2.45. The van der Waals surface area contributed by atoms with Gasteiger partial charge >= 0.3 is 0 Å². The number of amides is 2. The van der Waals surface area contributed by atoms with Gasteiger partial charge in [0.25, 0.3) is 0 Å². The molecule has 0 saturated heterocycles. The number of carbonyl (C=O) groups excluding carboxylic acids is 2. The first-order valence-corrected chi connectivity index (χ1v) is 10.6. The highest BCUT2D eigenvalue weighted by molar-refractivity contribution is 8.78. The summed E-state index contributed by atoms with van der Waals surface area (Å²) in [5.74, 6) is 0. The van der Waals surface area contributed by atoms with Gasteiger partial charge in [0.05, 0.1) is 33.3 Å². The Balaban J connectivity index is 2.15. The summed E-state index contributed by atoms with van der Waals surface area (Å²) in [4.78, 5) is 23.2. The fourth-order valence-corrected chi connectivity index (χ4v) is 4.58. The highest BCUT2D eigenvalue weighted by atomic mass is 33.1. The molecule has 2 aromatic carbocycles. The molecule has 0 unspecified atom stereocenters. The van der Waals surface area contributed by atoms with Crippen LogP contribution in [0.25, 0.3) is 0 Å². The minimum atomic E-state index is 0.779. The summed E-state index contributed by atoms with van der Waals surface area (Å²) in [5, 5.41) is 0. The molecule has 0 spiro atoms. The minimum Gasteiger partial charge on any atom is -0.277 e. The molecule has 2 rings (SSSR count). The van der Waals surface area contributed by atoms with Crippen molar-refractivity contribution in [3.05, 3.63) is 58.7 Å². The molecule has 4 nitrogen and oxygen atoms in total. The fourth-order valence-electron chi connectivity index (χ4n) is 2.67. The number of benzene rings is 2. The molecular weight excluding hydrogens is 364 g/mol. The summed E-state index contributed by atoms with van der Waals surface area (Å²) in [6.45, 7) is 8.18. The molecule has 0 aliphatic carbocycles. The van der Waals surface area contributed by atoms with Gasteiger partial charge in [-0.2, -0.15) is 0 Å². The number of rotatable bonds is 9. The maximum atomic E-state index is 11.6. The first-order chi connectivity index (χ1) is 12.5. The van der Waals surface area contributed by atoms with Gasteiger partial charge in [-0.3, -0.25) is 9.59 Å². The highest BCUT2D eigenvalue weighted by Gasteiger charge is 2.15. The lowest BCUT2D eigenvalue weighted by Crippen LogP contribution is -2.16. The second-order valence-electron chi connectivity index (χ2n) is 5.96. The highest BCUT2D eigenvalue weighted by Crippen LogP contribution is 2.37. The van der Waals surface area contributed by atoms with Crippen molar-refractivity contribution in [3.63, 3.8) is 0 Å². The molecule has 0 heterocycles. The zero-order chi connectivity index (χ0) is 19.1. The van der Waals surface area contributed by atoms with E-state index in [4.69, 9.17) is 0 Å². The number of anilines is 2. The van der Waals surface area contributed by atoms with Crippen LogP contribution in [0, 0.1) is 13.8 Å². The van der Waals surface area contributed by atoms with Crippen molar-refractivity contribution in [1.82, 2.24) is 0 Å². The van der Waals surface area contributed by atoms with Crippen LogP contribution in [0.4, 0.5) is 11.4 Å². The van der Waals surface area contributed by atoms with Gasteiger partial charge in [-0.1, -0.05) is 38.1 Å². The van der Waals surface area contributed by atoms with E-state index in [0.717, 1.165) is 48.2 Å². The van der Waals surface area contributed by atoms with E-state index in [1.54, 1.807) is 8.61 Å². The zero-order valence-corrected chi connectivity index (χ0v) is 17.2. The average molecular weight is 389 g/mol. The van der Waals surface area contributed by atoms with Gasteiger partial charge in [0.15, 0.2) is 0 Å². The van der Waals surface area contributed by atoms with Crippen molar-refractivity contribution in [2.24, 2.45) is 0 Å². The van der Waals surface area contributed by atoms with Gasteiger partial charge in [0.2, 0.25) is 12.8 Å². The number of nitrogens with zero attached hydrogens (tertiary/aromatic N) is 2. The topological polar surface area (TPSA) is 40.6 Å². The second-order valence-corrected chi connectivity index (χ2v) is 7.94. The number of carbonyl (C=O) groups is 2. The summed E-state index contributed by atoms with van der Waals surface area (Å²) in [5.41, 5.74) is 6.19. The number of aryl methyl sites for hydroxylation is 4. The molecule has 0 aliphatic rings. The van der Waals surface area contributed by atoms with Crippen LogP contribution in [0.2, 0.25) is 0 Å². The van der Waals surface area contributed by atoms with Crippen molar-refractivity contribution in [1.29, 1.82) is 0 Å². The lowest BCUT2D eigenvalue weighted by molar-refractivity contribution is -0.107. The SMILES string of the molecule is CCc1ccc(N(C=O)SSN(C=O)c2ccc(CC)cc2C)c(C)c1. The van der Waals surface area contributed by atoms with Gasteiger partial charge < -0.3 is 0 Å². The van der Waals surface area contributed by atoms with Crippen molar-refractivity contribution >= 4 is 46.2 Å². The van der Waals surface area contributed by atoms with Gasteiger partial charge in [-0.15, -0.1) is 0 Å². The first kappa shape index (κ1) is 20.4. The number of hydrogen-bond acceptors (Lipinski definition) is 4. The predicted molar refractivity (Wildman–Crippen MR) is 113 cm³/mol. The maximum Gasteiger partial charge on any atom is 0.224 e. The van der Waals surface area contributed by atoms with Crippen LogP contribution in [0.3, 0.4) is 0 Å². The smallest absolute Gasteiger partial charge is 0.224 e. The monoisotopic (exact) mass is 388 g/mol. The van der Waals surface area contributed by atoms with Crippen molar-refractivity contribution in [3.8, 4) is 0 Å². The Labute approximate surface area is 163 Å². The van der Waals surface area contributed by atoms with Crippen molar-refractivity contribution in [2.75, 3.05) is 8.61 Å². The van der Waals surface area contributed by atoms with Gasteiger partial charge in [-0.05, 0) is 61.1 Å². The Morgan fingerprint density at radius 2 is 1.15 bits per heavy atom. The second kappa shape index (κ2) is 9.69. The fraction of sp³-hybridized carbons (Fsp3) is 0.300. The average Bonchev–Trinajstić information content (AvgIpc) is 2.66. The van der Waals surface area contributed by atoms with Gasteiger partial charge in [-0.25, -0.2) is 8.61 Å². The van der Waals surface area contributed by atoms with E-state index >= 15 is 0 Å². The first-order valence-electron chi connectivity index (χ1n) is 8.56. The molecule has 0 aromatic heterocycles. The molecule has 0 atom stereocenters. The molecule has 26 heavy (non-hydrogen) atoms. The minimum absolute atomic E-state index is 0.779. The summed E-state index contributed by atoms with van der Waals surface area (Å²) in [6.07, 6.45) is 3.47. The third kappa shape index (κ3) is 4.83. The van der Waals surface area contributed by atoms with Crippen molar-refractivity contribution < 1.29 is 9.59 Å². The van der Waals surface area contributed by atoms with Gasteiger partial charge in [0.1, 0.15) is 0 Å². The van der Waals surface area contributed by atoms with E-state index in [2.05, 4.69) is 26.0 Å². The van der Waals surface area contributed by atoms with E-state index in [1.165, 1.54) is 33.1 Å². The number of hydrogen-bond donors (Lipinski definition) is 0. The Morgan fingerprint density at radius 3 is 1.42 bits per heavy atom. The van der Waals surface area contributed by atoms with Crippen LogP contribution >= 0.6 is 22.0 Å². The molecule has 0 fully saturated rings. The summed E-state index contributed by atoms with van der Waals surface area (Å²) in [6, 6.07) is 12.1.